The zero-order chi connectivity index (χ0) is 11.2. The van der Waals surface area contributed by atoms with Crippen LogP contribution in [-0.2, 0) is 6.42 Å². The molecule has 0 spiro atoms. The van der Waals surface area contributed by atoms with Gasteiger partial charge in [0.1, 0.15) is 0 Å². The van der Waals surface area contributed by atoms with Gasteiger partial charge in [0.05, 0.1) is 0 Å². The minimum absolute atomic E-state index is 0. The average Bonchev–Trinajstić information content (AvgIpc) is 2.86. The summed E-state index contributed by atoms with van der Waals surface area (Å²) in [6.07, 6.45) is 5.55. The molecule has 0 bridgehead atoms. The van der Waals surface area contributed by atoms with Crippen molar-refractivity contribution < 1.29 is 0 Å². The maximum atomic E-state index is 2.27. The van der Waals surface area contributed by atoms with E-state index in [0.717, 1.165) is 6.42 Å². The molecule has 0 amide bonds. The van der Waals surface area contributed by atoms with E-state index in [-0.39, 0.29) is 7.43 Å². The Morgan fingerprint density at radius 2 is 1.56 bits per heavy atom. The lowest BCUT2D eigenvalue weighted by molar-refractivity contribution is 1.35. The van der Waals surface area contributed by atoms with Crippen LogP contribution in [-0.4, -0.2) is 0 Å². The van der Waals surface area contributed by atoms with E-state index >= 15 is 0 Å². The van der Waals surface area contributed by atoms with E-state index in [2.05, 4.69) is 60.7 Å². The van der Waals surface area contributed by atoms with Crippen LogP contribution in [0.5, 0.6) is 0 Å². The molecule has 0 atom stereocenters. The molecular formula is C18H12. The van der Waals surface area contributed by atoms with Gasteiger partial charge in [0.15, 0.2) is 0 Å². The molecule has 4 radical (unpaired) electrons. The monoisotopic (exact) mass is 228 g/mol. The van der Waals surface area contributed by atoms with Crippen molar-refractivity contribution >= 4 is 27.6 Å². The van der Waals surface area contributed by atoms with E-state index in [9.17, 15) is 0 Å². The normalized spacial score (nSPS) is 12.7. The Balaban J connectivity index is 0.000001000. The number of fused-ring (bicyclic) bond motifs is 5. The molecule has 1 aliphatic carbocycles. The minimum atomic E-state index is 0. The second-order valence-corrected chi connectivity index (χ2v) is 4.62. The Morgan fingerprint density at radius 3 is 2.50 bits per heavy atom. The Hall–Kier alpha value is -2.08. The van der Waals surface area contributed by atoms with Gasteiger partial charge in [-0.05, 0) is 39.1 Å². The SMILES string of the molecule is C1=Cc2ccc3c(ccc4ccccc43)c2C1.[C]. The Bertz CT molecular complexity index is 763. The first-order valence-corrected chi connectivity index (χ1v) is 6.03. The lowest BCUT2D eigenvalue weighted by Gasteiger charge is -2.08. The van der Waals surface area contributed by atoms with E-state index in [1.54, 1.807) is 0 Å². The molecule has 0 N–H and O–H groups in total. The van der Waals surface area contributed by atoms with Crippen LogP contribution >= 0.6 is 0 Å². The fourth-order valence-corrected chi connectivity index (χ4v) is 2.86. The zero-order valence-corrected chi connectivity index (χ0v) is 9.98. The van der Waals surface area contributed by atoms with Gasteiger partial charge < -0.3 is 0 Å². The third-order valence-electron chi connectivity index (χ3n) is 3.69. The van der Waals surface area contributed by atoms with Gasteiger partial charge in [0.25, 0.3) is 0 Å². The van der Waals surface area contributed by atoms with Crippen LogP contribution in [0.4, 0.5) is 0 Å². The predicted octanol–water partition coefficient (Wildman–Crippen LogP) is 4.64. The fourth-order valence-electron chi connectivity index (χ4n) is 2.86. The molecule has 3 aromatic carbocycles. The number of rotatable bonds is 0. The molecule has 0 saturated heterocycles. The van der Waals surface area contributed by atoms with Crippen LogP contribution < -0.4 is 0 Å². The van der Waals surface area contributed by atoms with Gasteiger partial charge in [-0.25, -0.2) is 0 Å². The van der Waals surface area contributed by atoms with Crippen molar-refractivity contribution in [3.63, 3.8) is 0 Å². The third kappa shape index (κ3) is 1.39. The van der Waals surface area contributed by atoms with E-state index in [1.807, 2.05) is 0 Å². The second-order valence-electron chi connectivity index (χ2n) is 4.62. The van der Waals surface area contributed by atoms with Gasteiger partial charge in [-0.15, -0.1) is 0 Å². The first kappa shape index (κ1) is 11.0. The minimum Gasteiger partial charge on any atom is -0.0795 e. The first-order chi connectivity index (χ1) is 8.43. The van der Waals surface area contributed by atoms with Crippen LogP contribution in [0.2, 0.25) is 0 Å². The molecule has 0 heteroatoms. The number of benzene rings is 3. The molecule has 0 heterocycles. The average molecular weight is 228 g/mol. The molecule has 4 rings (SSSR count). The topological polar surface area (TPSA) is 0 Å². The summed E-state index contributed by atoms with van der Waals surface area (Å²) in [4.78, 5) is 0. The largest absolute Gasteiger partial charge is 0.0795 e. The second kappa shape index (κ2) is 3.99. The van der Waals surface area contributed by atoms with Crippen LogP contribution in [0.25, 0.3) is 27.6 Å². The molecule has 0 nitrogen and oxygen atoms in total. The Kier molecular flexibility index (Phi) is 2.45. The standard InChI is InChI=1S/C17H12.C/c1-2-6-14-12(4-1)8-10-17-15-7-3-5-13(15)9-11-16(14)17;/h1-6,8-11H,7H2;. The molecule has 18 heavy (non-hydrogen) atoms. The van der Waals surface area contributed by atoms with Crippen molar-refractivity contribution in [1.82, 2.24) is 0 Å². The maximum Gasteiger partial charge on any atom is 0 e. The summed E-state index contributed by atoms with van der Waals surface area (Å²) in [6, 6.07) is 17.6. The summed E-state index contributed by atoms with van der Waals surface area (Å²) in [7, 11) is 0. The summed E-state index contributed by atoms with van der Waals surface area (Å²) in [5.41, 5.74) is 2.86. The molecule has 0 aromatic heterocycles. The van der Waals surface area contributed by atoms with Crippen LogP contribution in [0.15, 0.2) is 54.6 Å². The lowest BCUT2D eigenvalue weighted by Crippen LogP contribution is -1.86. The van der Waals surface area contributed by atoms with E-state index < -0.39 is 0 Å². The maximum absolute atomic E-state index is 2.27. The summed E-state index contributed by atoms with van der Waals surface area (Å²) >= 11 is 0. The highest BCUT2D eigenvalue weighted by Gasteiger charge is 2.10. The predicted molar refractivity (Wildman–Crippen MR) is 77.4 cm³/mol. The van der Waals surface area contributed by atoms with Gasteiger partial charge in [-0.2, -0.15) is 0 Å². The van der Waals surface area contributed by atoms with Gasteiger partial charge in [0, 0.05) is 7.43 Å². The van der Waals surface area contributed by atoms with Gasteiger partial charge in [-0.3, -0.25) is 0 Å². The summed E-state index contributed by atoms with van der Waals surface area (Å²) in [6.45, 7) is 0. The number of hydrogen-bond donors (Lipinski definition) is 0. The van der Waals surface area contributed by atoms with Crippen molar-refractivity contribution in [2.24, 2.45) is 0 Å². The smallest absolute Gasteiger partial charge is 0 e. The van der Waals surface area contributed by atoms with Crippen LogP contribution in [0.3, 0.4) is 0 Å². The van der Waals surface area contributed by atoms with Crippen molar-refractivity contribution in [3.8, 4) is 0 Å². The number of allylic oxidation sites excluding steroid dienone is 1. The van der Waals surface area contributed by atoms with Crippen molar-refractivity contribution in [1.29, 1.82) is 0 Å². The molecule has 0 aliphatic heterocycles. The van der Waals surface area contributed by atoms with Crippen molar-refractivity contribution in [3.05, 3.63) is 73.2 Å². The van der Waals surface area contributed by atoms with E-state index in [0.29, 0.717) is 0 Å². The molecular weight excluding hydrogens is 216 g/mol. The Morgan fingerprint density at radius 1 is 0.722 bits per heavy atom. The third-order valence-corrected chi connectivity index (χ3v) is 3.69. The van der Waals surface area contributed by atoms with Gasteiger partial charge in [-0.1, -0.05) is 60.7 Å². The van der Waals surface area contributed by atoms with E-state index in [1.165, 1.54) is 32.7 Å². The highest BCUT2D eigenvalue weighted by Crippen LogP contribution is 2.32. The summed E-state index contributed by atoms with van der Waals surface area (Å²) in [5, 5.41) is 5.47. The number of hydrogen-bond acceptors (Lipinski definition) is 0. The lowest BCUT2D eigenvalue weighted by atomic mass is 9.96. The first-order valence-electron chi connectivity index (χ1n) is 6.03. The van der Waals surface area contributed by atoms with Gasteiger partial charge in [0.2, 0.25) is 0 Å². The Labute approximate surface area is 108 Å². The quantitative estimate of drug-likeness (QED) is 0.491. The summed E-state index contributed by atoms with van der Waals surface area (Å²) < 4.78 is 0. The molecule has 3 aromatic rings. The van der Waals surface area contributed by atoms with Crippen LogP contribution in [0, 0.1) is 7.43 Å². The summed E-state index contributed by atoms with van der Waals surface area (Å²) in [5.74, 6) is 0. The molecule has 1 aliphatic rings. The fraction of sp³-hybridized carbons (Fsp3) is 0.0556. The van der Waals surface area contributed by atoms with Crippen molar-refractivity contribution in [2.45, 2.75) is 6.42 Å². The molecule has 0 fully saturated rings. The zero-order valence-electron chi connectivity index (χ0n) is 9.98. The molecule has 0 saturated carbocycles. The van der Waals surface area contributed by atoms with Crippen LogP contribution in [0.1, 0.15) is 11.1 Å². The van der Waals surface area contributed by atoms with Gasteiger partial charge >= 0.3 is 0 Å². The highest BCUT2D eigenvalue weighted by molar-refractivity contribution is 6.09. The molecule has 0 unspecified atom stereocenters. The highest BCUT2D eigenvalue weighted by atomic mass is 14.1. The van der Waals surface area contributed by atoms with Crippen molar-refractivity contribution in [2.75, 3.05) is 0 Å². The molecule has 84 valence electrons. The van der Waals surface area contributed by atoms with E-state index in [4.69, 9.17) is 0 Å².